The number of nitrogens with zero attached hydrogens (tertiary/aromatic N) is 3. The van der Waals surface area contributed by atoms with Crippen LogP contribution in [0.5, 0.6) is 0 Å². The van der Waals surface area contributed by atoms with Crippen LogP contribution >= 0.6 is 0 Å². The molecule has 0 saturated heterocycles. The van der Waals surface area contributed by atoms with Crippen LogP contribution < -0.4 is 10.6 Å². The molecule has 2 bridgehead atoms. The number of nitrogens with one attached hydrogen (secondary N) is 2. The Kier molecular flexibility index (Phi) is 4.76. The average Bonchev–Trinajstić information content (AvgIpc) is 2.74. The first-order valence-electron chi connectivity index (χ1n) is 11.0. The van der Waals surface area contributed by atoms with Crippen molar-refractivity contribution in [3.05, 3.63) is 58.8 Å². The quantitative estimate of drug-likeness (QED) is 0.431. The van der Waals surface area contributed by atoms with E-state index in [-0.39, 0.29) is 34.9 Å². The number of nitriles is 1. The van der Waals surface area contributed by atoms with Gasteiger partial charge in [0.05, 0.1) is 22.6 Å². The van der Waals surface area contributed by atoms with Gasteiger partial charge in [-0.25, -0.2) is 14.8 Å². The van der Waals surface area contributed by atoms with Gasteiger partial charge in [0.2, 0.25) is 0 Å². The molecule has 0 aliphatic heterocycles. The smallest absolute Gasteiger partial charge is 0.337 e. The second-order valence-corrected chi connectivity index (χ2v) is 9.57. The standard InChI is InChI=1S/C25H25N5O3/c1-14-7-17(15(2)27-18-6-4-3-5-16(18)23(32)33)21-19(8-14)28-20(9-26)22(29-21)30-25-10-24(11-25,12-25)13-31/h3-8,15,27,31H,10-13H2,1-2H3,(H,29,30)(H,32,33)/t15-,24?,25?/m1/s1. The number of rotatable bonds is 7. The summed E-state index contributed by atoms with van der Waals surface area (Å²) in [5.74, 6) is -0.539. The van der Waals surface area contributed by atoms with Gasteiger partial charge in [-0.3, -0.25) is 0 Å². The number of carboxylic acid groups (broad SMARTS) is 1. The Morgan fingerprint density at radius 1 is 1.24 bits per heavy atom. The van der Waals surface area contributed by atoms with Gasteiger partial charge in [0.1, 0.15) is 6.07 Å². The summed E-state index contributed by atoms with van der Waals surface area (Å²) >= 11 is 0. The van der Waals surface area contributed by atoms with Crippen LogP contribution in [0, 0.1) is 23.7 Å². The third-order valence-electron chi connectivity index (χ3n) is 6.90. The van der Waals surface area contributed by atoms with E-state index in [1.807, 2.05) is 26.0 Å². The van der Waals surface area contributed by atoms with Gasteiger partial charge in [-0.1, -0.05) is 18.2 Å². The van der Waals surface area contributed by atoms with Crippen molar-refractivity contribution in [3.63, 3.8) is 0 Å². The van der Waals surface area contributed by atoms with Crippen molar-refractivity contribution < 1.29 is 15.0 Å². The summed E-state index contributed by atoms with van der Waals surface area (Å²) in [4.78, 5) is 21.0. The highest BCUT2D eigenvalue weighted by Crippen LogP contribution is 2.68. The van der Waals surface area contributed by atoms with E-state index in [1.54, 1.807) is 24.3 Å². The van der Waals surface area contributed by atoms with Crippen molar-refractivity contribution in [3.8, 4) is 6.07 Å². The predicted octanol–water partition coefficient (Wildman–Crippen LogP) is 4.01. The molecular formula is C25H25N5O3. The summed E-state index contributed by atoms with van der Waals surface area (Å²) in [6.45, 7) is 4.10. The highest BCUT2D eigenvalue weighted by Gasteiger charge is 2.67. The SMILES string of the molecule is Cc1cc([C@@H](C)Nc2ccccc2C(=O)O)c2nc(NC34CC(CO)(C3)C4)c(C#N)nc2c1. The van der Waals surface area contributed by atoms with Gasteiger partial charge < -0.3 is 20.8 Å². The Morgan fingerprint density at radius 2 is 1.97 bits per heavy atom. The molecule has 3 aromatic rings. The number of anilines is 2. The van der Waals surface area contributed by atoms with Crippen molar-refractivity contribution >= 4 is 28.5 Å². The van der Waals surface area contributed by atoms with Crippen LogP contribution in [0.15, 0.2) is 36.4 Å². The lowest BCUT2D eigenvalue weighted by molar-refractivity contribution is -0.146. The number of hydrogen-bond acceptors (Lipinski definition) is 7. The first-order valence-corrected chi connectivity index (χ1v) is 11.0. The van der Waals surface area contributed by atoms with Crippen LogP contribution in [-0.4, -0.2) is 38.3 Å². The fourth-order valence-electron chi connectivity index (χ4n) is 5.48. The lowest BCUT2D eigenvalue weighted by Gasteiger charge is -2.70. The van der Waals surface area contributed by atoms with Crippen molar-refractivity contribution in [1.29, 1.82) is 5.26 Å². The monoisotopic (exact) mass is 443 g/mol. The molecule has 0 unspecified atom stereocenters. The van der Waals surface area contributed by atoms with Crippen LogP contribution in [0.1, 0.15) is 59.4 Å². The lowest BCUT2D eigenvalue weighted by atomic mass is 9.39. The van der Waals surface area contributed by atoms with Crippen LogP contribution in [0.3, 0.4) is 0 Å². The zero-order chi connectivity index (χ0) is 23.4. The summed E-state index contributed by atoms with van der Waals surface area (Å²) in [5, 5.41) is 35.5. The Bertz CT molecular complexity index is 1310. The van der Waals surface area contributed by atoms with Gasteiger partial charge in [0.25, 0.3) is 0 Å². The van der Waals surface area contributed by atoms with E-state index in [9.17, 15) is 20.3 Å². The first-order chi connectivity index (χ1) is 15.8. The molecule has 33 heavy (non-hydrogen) atoms. The molecule has 1 heterocycles. The zero-order valence-electron chi connectivity index (χ0n) is 18.5. The number of aryl methyl sites for hydroxylation is 1. The van der Waals surface area contributed by atoms with E-state index in [2.05, 4.69) is 21.7 Å². The predicted molar refractivity (Wildman–Crippen MR) is 124 cm³/mol. The minimum Gasteiger partial charge on any atom is -0.478 e. The zero-order valence-corrected chi connectivity index (χ0v) is 18.5. The van der Waals surface area contributed by atoms with Crippen molar-refractivity contribution in [2.75, 3.05) is 17.2 Å². The number of para-hydroxylation sites is 1. The number of aromatic nitrogens is 2. The number of fused-ring (bicyclic) bond motifs is 1. The molecule has 1 aromatic heterocycles. The maximum absolute atomic E-state index is 11.6. The third kappa shape index (κ3) is 3.45. The molecule has 3 aliphatic rings. The van der Waals surface area contributed by atoms with Gasteiger partial charge in [-0.15, -0.1) is 0 Å². The Labute approximate surface area is 191 Å². The summed E-state index contributed by atoms with van der Waals surface area (Å²) in [6, 6.07) is 12.6. The summed E-state index contributed by atoms with van der Waals surface area (Å²) in [5.41, 5.74) is 4.01. The van der Waals surface area contributed by atoms with Gasteiger partial charge in [-0.2, -0.15) is 5.26 Å². The van der Waals surface area contributed by atoms with E-state index in [0.717, 1.165) is 30.4 Å². The number of benzene rings is 2. The minimum absolute atomic E-state index is 0.0301. The summed E-state index contributed by atoms with van der Waals surface area (Å²) < 4.78 is 0. The van der Waals surface area contributed by atoms with E-state index in [1.165, 1.54) is 0 Å². The van der Waals surface area contributed by atoms with Crippen LogP contribution in [0.25, 0.3) is 11.0 Å². The molecule has 3 fully saturated rings. The van der Waals surface area contributed by atoms with E-state index >= 15 is 0 Å². The highest BCUT2D eigenvalue weighted by molar-refractivity contribution is 5.94. The number of hydrogen-bond donors (Lipinski definition) is 4. The van der Waals surface area contributed by atoms with E-state index < -0.39 is 5.97 Å². The minimum atomic E-state index is -0.997. The van der Waals surface area contributed by atoms with Crippen molar-refractivity contribution in [2.45, 2.75) is 44.7 Å². The van der Waals surface area contributed by atoms with Crippen molar-refractivity contribution in [1.82, 2.24) is 9.97 Å². The average molecular weight is 444 g/mol. The molecule has 168 valence electrons. The van der Waals surface area contributed by atoms with E-state index in [4.69, 9.17) is 4.98 Å². The Morgan fingerprint density at radius 3 is 2.64 bits per heavy atom. The second kappa shape index (κ2) is 7.42. The number of aromatic carboxylic acids is 1. The fraction of sp³-hybridized carbons (Fsp3) is 0.360. The van der Waals surface area contributed by atoms with Gasteiger partial charge >= 0.3 is 5.97 Å². The Balaban J connectivity index is 1.52. The molecule has 0 amide bonds. The van der Waals surface area contributed by atoms with Crippen molar-refractivity contribution in [2.24, 2.45) is 5.41 Å². The molecule has 1 atom stereocenters. The topological polar surface area (TPSA) is 131 Å². The molecule has 2 aromatic carbocycles. The normalized spacial score (nSPS) is 23.7. The molecule has 8 heteroatoms. The number of carbonyl (C=O) groups is 1. The highest BCUT2D eigenvalue weighted by atomic mass is 16.4. The summed E-state index contributed by atoms with van der Waals surface area (Å²) in [7, 11) is 0. The first kappa shape index (κ1) is 21.2. The number of aliphatic hydroxyl groups is 1. The van der Waals surface area contributed by atoms with E-state index in [0.29, 0.717) is 22.5 Å². The third-order valence-corrected chi connectivity index (χ3v) is 6.90. The fourth-order valence-corrected chi connectivity index (χ4v) is 5.48. The van der Waals surface area contributed by atoms with Gasteiger partial charge in [-0.05, 0) is 56.9 Å². The molecule has 0 radical (unpaired) electrons. The van der Waals surface area contributed by atoms with Gasteiger partial charge in [0, 0.05) is 28.8 Å². The van der Waals surface area contributed by atoms with Crippen LogP contribution in [-0.2, 0) is 0 Å². The van der Waals surface area contributed by atoms with Crippen LogP contribution in [0.2, 0.25) is 0 Å². The molecule has 0 spiro atoms. The maximum atomic E-state index is 11.6. The Hall–Kier alpha value is -3.70. The molecule has 8 nitrogen and oxygen atoms in total. The number of carboxylic acids is 1. The van der Waals surface area contributed by atoms with Crippen LogP contribution in [0.4, 0.5) is 11.5 Å². The maximum Gasteiger partial charge on any atom is 0.337 e. The molecule has 6 rings (SSSR count). The molecule has 3 aliphatic carbocycles. The largest absolute Gasteiger partial charge is 0.478 e. The molecular weight excluding hydrogens is 418 g/mol. The lowest BCUT2D eigenvalue weighted by Crippen LogP contribution is -2.72. The number of aliphatic hydroxyl groups excluding tert-OH is 1. The summed E-state index contributed by atoms with van der Waals surface area (Å²) in [6.07, 6.45) is 2.60. The molecule has 3 saturated carbocycles. The molecule has 4 N–H and O–H groups in total. The van der Waals surface area contributed by atoms with Gasteiger partial charge in [0.15, 0.2) is 11.5 Å². The second-order valence-electron chi connectivity index (χ2n) is 9.57.